The molecule has 2 heterocycles. The van der Waals surface area contributed by atoms with Crippen LogP contribution in [0.1, 0.15) is 79.6 Å². The first-order valence-corrected chi connectivity index (χ1v) is 12.3. The molecule has 2 aliphatic carbocycles. The zero-order valence-electron chi connectivity index (χ0n) is 20.1. The minimum atomic E-state index is -0.568. The van der Waals surface area contributed by atoms with E-state index in [-0.39, 0.29) is 65.6 Å². The normalized spacial score (nSPS) is 39.3. The molecule has 2 saturated heterocycles. The number of fused-ring (bicyclic) bond motifs is 2. The highest BCUT2D eigenvalue weighted by molar-refractivity contribution is 5.84. The summed E-state index contributed by atoms with van der Waals surface area (Å²) in [6, 6.07) is -0.184. The molecule has 2 aliphatic heterocycles. The van der Waals surface area contributed by atoms with Crippen molar-refractivity contribution in [3.05, 3.63) is 0 Å². The number of hydrogen-bond donors (Lipinski definition) is 0. The number of cyclic esters (lactones) is 1. The van der Waals surface area contributed by atoms with E-state index in [1.54, 1.807) is 4.90 Å². The number of carbonyl (C=O) groups excluding carboxylic acids is 3. The Morgan fingerprint density at radius 1 is 1.09 bits per heavy atom. The van der Waals surface area contributed by atoms with E-state index >= 15 is 0 Å². The number of piperidine rings is 1. The second kappa shape index (κ2) is 8.72. The van der Waals surface area contributed by atoms with Crippen LogP contribution in [0, 0.1) is 41.4 Å². The maximum absolute atomic E-state index is 13.0. The highest BCUT2D eigenvalue weighted by Gasteiger charge is 2.56. The summed E-state index contributed by atoms with van der Waals surface area (Å²) in [5, 5.41) is 0. The Hall–Kier alpha value is -2.03. The fourth-order valence-corrected chi connectivity index (χ4v) is 6.43. The smallest absolute Gasteiger partial charge is 0.411 e. The van der Waals surface area contributed by atoms with Crippen LogP contribution in [-0.4, -0.2) is 46.5 Å². The van der Waals surface area contributed by atoms with E-state index in [0.717, 1.165) is 38.5 Å². The van der Waals surface area contributed by atoms with E-state index in [1.807, 2.05) is 34.6 Å². The van der Waals surface area contributed by atoms with Crippen LogP contribution in [0.4, 0.5) is 4.79 Å². The van der Waals surface area contributed by atoms with E-state index < -0.39 is 5.60 Å². The summed E-state index contributed by atoms with van der Waals surface area (Å²) >= 11 is 0. The van der Waals surface area contributed by atoms with E-state index in [0.29, 0.717) is 6.42 Å². The Bertz CT molecular complexity index is 833. The van der Waals surface area contributed by atoms with Gasteiger partial charge in [-0.2, -0.15) is 0 Å². The molecule has 0 N–H and O–H groups in total. The number of ketones is 1. The average Bonchev–Trinajstić information content (AvgIpc) is 2.97. The lowest BCUT2D eigenvalue weighted by Gasteiger charge is -2.44. The molecule has 8 atom stereocenters. The lowest BCUT2D eigenvalue weighted by molar-refractivity contribution is -0.145. The zero-order valence-corrected chi connectivity index (χ0v) is 20.1. The number of hydrogen-bond acceptors (Lipinski definition) is 5. The number of likely N-dealkylation sites (tertiary alicyclic amines) is 1. The van der Waals surface area contributed by atoms with Crippen molar-refractivity contribution in [3.8, 4) is 11.8 Å². The molecular formula is C26H37NO5. The standard InChI is InChI=1S/C26H37NO5/c1-15-8-6-10-18(27(15)25(30)32-26(3,4)5)12-13-19-22-16(2)31-24(29)20(22)14-17-9-7-11-21(28)23(17)19/h15-20,22-23H,6-11,14H2,1-5H3/t15-,16-,17+,18+,19-,20-,22+,23+/m0/s1. The molecule has 0 aromatic heterocycles. The Kier molecular flexibility index (Phi) is 6.31. The van der Waals surface area contributed by atoms with Gasteiger partial charge in [0.25, 0.3) is 0 Å². The van der Waals surface area contributed by atoms with Gasteiger partial charge in [-0.3, -0.25) is 14.5 Å². The summed E-state index contributed by atoms with van der Waals surface area (Å²) in [5.41, 5.74) is -0.568. The second-order valence-corrected chi connectivity index (χ2v) is 11.2. The number of ether oxygens (including phenoxy) is 2. The van der Waals surface area contributed by atoms with E-state index in [4.69, 9.17) is 9.47 Å². The number of nitrogens with zero attached hydrogens (tertiary/aromatic N) is 1. The third-order valence-corrected chi connectivity index (χ3v) is 7.78. The van der Waals surface area contributed by atoms with Crippen molar-refractivity contribution < 1.29 is 23.9 Å². The summed E-state index contributed by atoms with van der Waals surface area (Å²) in [7, 11) is 0. The molecule has 1 amide bonds. The van der Waals surface area contributed by atoms with Gasteiger partial charge in [-0.15, -0.1) is 0 Å². The molecule has 4 fully saturated rings. The van der Waals surface area contributed by atoms with E-state index in [9.17, 15) is 14.4 Å². The Labute approximate surface area is 191 Å². The van der Waals surface area contributed by atoms with Crippen LogP contribution in [0.25, 0.3) is 0 Å². The van der Waals surface area contributed by atoms with Crippen LogP contribution in [-0.2, 0) is 19.1 Å². The third-order valence-electron chi connectivity index (χ3n) is 7.78. The highest BCUT2D eigenvalue weighted by Crippen LogP contribution is 2.51. The molecule has 0 unspecified atom stereocenters. The summed E-state index contributed by atoms with van der Waals surface area (Å²) < 4.78 is 11.3. The van der Waals surface area contributed by atoms with E-state index in [2.05, 4.69) is 11.8 Å². The van der Waals surface area contributed by atoms with Crippen molar-refractivity contribution >= 4 is 17.8 Å². The van der Waals surface area contributed by atoms with Crippen LogP contribution in [0.3, 0.4) is 0 Å². The predicted octanol–water partition coefficient (Wildman–Crippen LogP) is 4.35. The fourth-order valence-electron chi connectivity index (χ4n) is 6.43. The molecule has 2 saturated carbocycles. The van der Waals surface area contributed by atoms with Crippen molar-refractivity contribution in [3.63, 3.8) is 0 Å². The maximum atomic E-state index is 13.0. The van der Waals surface area contributed by atoms with Gasteiger partial charge in [-0.25, -0.2) is 4.79 Å². The minimum Gasteiger partial charge on any atom is -0.462 e. The van der Waals surface area contributed by atoms with Crippen LogP contribution < -0.4 is 0 Å². The first-order valence-electron chi connectivity index (χ1n) is 12.3. The average molecular weight is 444 g/mol. The van der Waals surface area contributed by atoms with Crippen LogP contribution in [0.15, 0.2) is 0 Å². The van der Waals surface area contributed by atoms with Gasteiger partial charge in [0.1, 0.15) is 17.5 Å². The number of carbonyl (C=O) groups is 3. The number of Topliss-reactive ketones (excluding diaryl/α,β-unsaturated/α-hetero) is 1. The van der Waals surface area contributed by atoms with Crippen LogP contribution in [0.2, 0.25) is 0 Å². The van der Waals surface area contributed by atoms with Crippen molar-refractivity contribution in [2.24, 2.45) is 29.6 Å². The van der Waals surface area contributed by atoms with Gasteiger partial charge in [-0.1, -0.05) is 11.8 Å². The van der Waals surface area contributed by atoms with Gasteiger partial charge < -0.3 is 9.47 Å². The number of esters is 1. The number of rotatable bonds is 0. The van der Waals surface area contributed by atoms with Gasteiger partial charge in [-0.05, 0) is 79.1 Å². The summed E-state index contributed by atoms with van der Waals surface area (Å²) in [6.45, 7) is 9.59. The van der Waals surface area contributed by atoms with Gasteiger partial charge in [0, 0.05) is 30.2 Å². The maximum Gasteiger partial charge on any atom is 0.411 e. The first-order chi connectivity index (χ1) is 15.1. The van der Waals surface area contributed by atoms with Gasteiger partial charge in [0.2, 0.25) is 0 Å². The Morgan fingerprint density at radius 2 is 1.84 bits per heavy atom. The molecule has 0 aromatic rings. The van der Waals surface area contributed by atoms with Crippen LogP contribution in [0.5, 0.6) is 0 Å². The lowest BCUT2D eigenvalue weighted by atomic mass is 9.57. The van der Waals surface area contributed by atoms with Crippen LogP contribution >= 0.6 is 0 Å². The molecule has 6 nitrogen and oxygen atoms in total. The molecule has 4 aliphatic rings. The second-order valence-electron chi connectivity index (χ2n) is 11.2. The monoisotopic (exact) mass is 443 g/mol. The quantitative estimate of drug-likeness (QED) is 0.411. The van der Waals surface area contributed by atoms with E-state index in [1.165, 1.54) is 0 Å². The molecule has 4 rings (SSSR count). The largest absolute Gasteiger partial charge is 0.462 e. The van der Waals surface area contributed by atoms with Crippen molar-refractivity contribution in [2.75, 3.05) is 0 Å². The summed E-state index contributed by atoms with van der Waals surface area (Å²) in [5.74, 6) is 6.70. The van der Waals surface area contributed by atoms with Crippen molar-refractivity contribution in [1.29, 1.82) is 0 Å². The van der Waals surface area contributed by atoms with Gasteiger partial charge in [0.05, 0.1) is 12.0 Å². The fraction of sp³-hybridized carbons (Fsp3) is 0.808. The Balaban J connectivity index is 1.64. The Morgan fingerprint density at radius 3 is 2.56 bits per heavy atom. The SMILES string of the molecule is C[C@@H]1OC(=O)[C@H]2C[C@H]3CCCC(=O)[C@H]3[C@@H](C#C[C@H]3CCC[C@H](C)N3C(=O)OC(C)(C)C)[C@@H]12. The van der Waals surface area contributed by atoms with Gasteiger partial charge in [0.15, 0.2) is 0 Å². The number of amides is 1. The third kappa shape index (κ3) is 4.40. The highest BCUT2D eigenvalue weighted by atomic mass is 16.6. The molecule has 6 heteroatoms. The summed E-state index contributed by atoms with van der Waals surface area (Å²) in [6.07, 6.45) is 5.38. The molecular weight excluding hydrogens is 406 g/mol. The van der Waals surface area contributed by atoms with Crippen molar-refractivity contribution in [2.45, 2.75) is 103 Å². The summed E-state index contributed by atoms with van der Waals surface area (Å²) in [4.78, 5) is 40.2. The molecule has 0 aromatic carbocycles. The topological polar surface area (TPSA) is 72.9 Å². The van der Waals surface area contributed by atoms with Crippen molar-refractivity contribution in [1.82, 2.24) is 4.90 Å². The lowest BCUT2D eigenvalue weighted by Crippen LogP contribution is -2.50. The first kappa shape index (κ1) is 23.1. The minimum absolute atomic E-state index is 0.0470. The van der Waals surface area contributed by atoms with Gasteiger partial charge >= 0.3 is 12.1 Å². The molecule has 0 spiro atoms. The molecule has 32 heavy (non-hydrogen) atoms. The molecule has 176 valence electrons. The molecule has 0 bridgehead atoms. The molecule has 0 radical (unpaired) electrons. The zero-order chi connectivity index (χ0) is 23.2. The predicted molar refractivity (Wildman–Crippen MR) is 119 cm³/mol.